The van der Waals surface area contributed by atoms with Gasteiger partial charge in [-0.25, -0.2) is 14.6 Å². The molecule has 0 aromatic carbocycles. The van der Waals surface area contributed by atoms with Crippen LogP contribution in [0.25, 0.3) is 0 Å². The number of hydrogen-bond acceptors (Lipinski definition) is 6. The Morgan fingerprint density at radius 1 is 1.30 bits per heavy atom. The van der Waals surface area contributed by atoms with Crippen molar-refractivity contribution in [2.24, 2.45) is 7.05 Å². The number of hydrogen-bond donors (Lipinski definition) is 1. The SMILES string of the molecule is Cc1nccc(NCC2CCCCN2c2ccc(=O)n(C)n2)n1. The van der Waals surface area contributed by atoms with Crippen LogP contribution in [0.15, 0.2) is 29.2 Å². The predicted molar refractivity (Wildman–Crippen MR) is 89.7 cm³/mol. The molecule has 1 aliphatic heterocycles. The maximum atomic E-state index is 11.5. The quantitative estimate of drug-likeness (QED) is 0.918. The molecule has 0 radical (unpaired) electrons. The second-order valence-electron chi connectivity index (χ2n) is 5.87. The fraction of sp³-hybridized carbons (Fsp3) is 0.500. The standard InChI is InChI=1S/C16H22N6O/c1-12-17-9-8-14(19-12)18-11-13-5-3-4-10-22(13)15-6-7-16(23)21(2)20-15/h6-9,13H,3-5,10-11H2,1-2H3,(H,17,18,19). The third kappa shape index (κ3) is 3.67. The fourth-order valence-electron chi connectivity index (χ4n) is 2.93. The lowest BCUT2D eigenvalue weighted by Crippen LogP contribution is -2.45. The Kier molecular flexibility index (Phi) is 4.55. The van der Waals surface area contributed by atoms with Gasteiger partial charge in [0.05, 0.1) is 0 Å². The average molecular weight is 314 g/mol. The van der Waals surface area contributed by atoms with Gasteiger partial charge in [0.2, 0.25) is 0 Å². The Morgan fingerprint density at radius 3 is 2.96 bits per heavy atom. The Bertz CT molecular complexity index is 729. The van der Waals surface area contributed by atoms with Gasteiger partial charge in [-0.3, -0.25) is 4.79 Å². The van der Waals surface area contributed by atoms with Gasteiger partial charge in [0.1, 0.15) is 17.5 Å². The van der Waals surface area contributed by atoms with Crippen LogP contribution in [0.2, 0.25) is 0 Å². The van der Waals surface area contributed by atoms with Crippen LogP contribution < -0.4 is 15.8 Å². The van der Waals surface area contributed by atoms with E-state index in [1.54, 1.807) is 19.3 Å². The number of piperidine rings is 1. The largest absolute Gasteiger partial charge is 0.368 e. The first-order chi connectivity index (χ1) is 11.1. The van der Waals surface area contributed by atoms with Crippen molar-refractivity contribution in [1.82, 2.24) is 19.7 Å². The van der Waals surface area contributed by atoms with Crippen LogP contribution in [0.4, 0.5) is 11.6 Å². The molecule has 0 bridgehead atoms. The van der Waals surface area contributed by atoms with E-state index < -0.39 is 0 Å². The number of rotatable bonds is 4. The third-order valence-electron chi connectivity index (χ3n) is 4.16. The van der Waals surface area contributed by atoms with E-state index in [4.69, 9.17) is 0 Å². The van der Waals surface area contributed by atoms with E-state index in [0.717, 1.165) is 43.4 Å². The summed E-state index contributed by atoms with van der Waals surface area (Å²) in [7, 11) is 1.69. The molecule has 1 aliphatic rings. The first-order valence-corrected chi connectivity index (χ1v) is 7.98. The minimum absolute atomic E-state index is 0.0862. The molecule has 3 rings (SSSR count). The summed E-state index contributed by atoms with van der Waals surface area (Å²) < 4.78 is 1.39. The summed E-state index contributed by atoms with van der Waals surface area (Å²) in [5.74, 6) is 2.46. The monoisotopic (exact) mass is 314 g/mol. The van der Waals surface area contributed by atoms with E-state index in [1.807, 2.05) is 19.1 Å². The molecule has 0 spiro atoms. The van der Waals surface area contributed by atoms with Gasteiger partial charge in [-0.1, -0.05) is 0 Å². The molecule has 3 heterocycles. The van der Waals surface area contributed by atoms with E-state index >= 15 is 0 Å². The highest BCUT2D eigenvalue weighted by Gasteiger charge is 2.24. The smallest absolute Gasteiger partial charge is 0.266 e. The van der Waals surface area contributed by atoms with Gasteiger partial charge in [-0.2, -0.15) is 5.10 Å². The summed E-state index contributed by atoms with van der Waals surface area (Å²) in [6.07, 6.45) is 5.21. The summed E-state index contributed by atoms with van der Waals surface area (Å²) in [6.45, 7) is 3.63. The summed E-state index contributed by atoms with van der Waals surface area (Å²) in [5.41, 5.74) is -0.0862. The molecule has 122 valence electrons. The average Bonchev–Trinajstić information content (AvgIpc) is 2.56. The van der Waals surface area contributed by atoms with Gasteiger partial charge in [0.25, 0.3) is 5.56 Å². The molecule has 0 saturated carbocycles. The van der Waals surface area contributed by atoms with Gasteiger partial charge in [0, 0.05) is 38.4 Å². The van der Waals surface area contributed by atoms with E-state index in [9.17, 15) is 4.79 Å². The second kappa shape index (κ2) is 6.76. The third-order valence-corrected chi connectivity index (χ3v) is 4.16. The van der Waals surface area contributed by atoms with Crippen LogP contribution in [-0.2, 0) is 7.05 Å². The lowest BCUT2D eigenvalue weighted by Gasteiger charge is -2.36. The summed E-state index contributed by atoms with van der Waals surface area (Å²) in [5, 5.41) is 7.78. The van der Waals surface area contributed by atoms with Gasteiger partial charge in [-0.05, 0) is 38.3 Å². The van der Waals surface area contributed by atoms with Crippen LogP contribution in [0, 0.1) is 6.92 Å². The van der Waals surface area contributed by atoms with E-state index in [1.165, 1.54) is 11.1 Å². The molecule has 23 heavy (non-hydrogen) atoms. The normalized spacial score (nSPS) is 18.0. The van der Waals surface area contributed by atoms with Crippen molar-refractivity contribution in [2.45, 2.75) is 32.2 Å². The molecule has 0 aliphatic carbocycles. The van der Waals surface area contributed by atoms with Crippen LogP contribution >= 0.6 is 0 Å². The maximum absolute atomic E-state index is 11.5. The van der Waals surface area contributed by atoms with Crippen molar-refractivity contribution in [3.8, 4) is 0 Å². The first-order valence-electron chi connectivity index (χ1n) is 7.98. The predicted octanol–water partition coefficient (Wildman–Crippen LogP) is 1.35. The Labute approximate surface area is 135 Å². The molecular weight excluding hydrogens is 292 g/mol. The second-order valence-corrected chi connectivity index (χ2v) is 5.87. The van der Waals surface area contributed by atoms with Crippen molar-refractivity contribution in [1.29, 1.82) is 0 Å². The zero-order valence-corrected chi connectivity index (χ0v) is 13.6. The zero-order chi connectivity index (χ0) is 16.2. The molecule has 2 aromatic heterocycles. The number of nitrogens with zero attached hydrogens (tertiary/aromatic N) is 5. The van der Waals surface area contributed by atoms with Crippen molar-refractivity contribution in [3.05, 3.63) is 40.6 Å². The Morgan fingerprint density at radius 2 is 2.17 bits per heavy atom. The lowest BCUT2D eigenvalue weighted by molar-refractivity contribution is 0.464. The fourth-order valence-corrected chi connectivity index (χ4v) is 2.93. The van der Waals surface area contributed by atoms with Gasteiger partial charge in [0.15, 0.2) is 0 Å². The van der Waals surface area contributed by atoms with E-state index in [-0.39, 0.29) is 5.56 Å². The summed E-state index contributed by atoms with van der Waals surface area (Å²) in [6, 6.07) is 5.61. The zero-order valence-electron chi connectivity index (χ0n) is 13.6. The van der Waals surface area contributed by atoms with Gasteiger partial charge in [-0.15, -0.1) is 0 Å². The van der Waals surface area contributed by atoms with Gasteiger partial charge >= 0.3 is 0 Å². The van der Waals surface area contributed by atoms with E-state index in [0.29, 0.717) is 6.04 Å². The number of aromatic nitrogens is 4. The summed E-state index contributed by atoms with van der Waals surface area (Å²) in [4.78, 5) is 22.3. The van der Waals surface area contributed by atoms with Crippen molar-refractivity contribution in [2.75, 3.05) is 23.3 Å². The Balaban J connectivity index is 1.73. The van der Waals surface area contributed by atoms with Crippen LogP contribution in [0.5, 0.6) is 0 Å². The topological polar surface area (TPSA) is 75.9 Å². The van der Waals surface area contributed by atoms with Crippen LogP contribution in [0.1, 0.15) is 25.1 Å². The minimum Gasteiger partial charge on any atom is -0.368 e. The first kappa shape index (κ1) is 15.5. The van der Waals surface area contributed by atoms with Crippen molar-refractivity contribution >= 4 is 11.6 Å². The molecule has 1 atom stereocenters. The molecule has 1 saturated heterocycles. The van der Waals surface area contributed by atoms with Crippen LogP contribution in [-0.4, -0.2) is 38.9 Å². The van der Waals surface area contributed by atoms with Crippen molar-refractivity contribution in [3.63, 3.8) is 0 Å². The molecule has 1 fully saturated rings. The minimum atomic E-state index is -0.0862. The lowest BCUT2D eigenvalue weighted by atomic mass is 10.0. The molecule has 1 N–H and O–H groups in total. The molecule has 7 nitrogen and oxygen atoms in total. The molecule has 7 heteroatoms. The highest BCUT2D eigenvalue weighted by molar-refractivity contribution is 5.40. The number of nitrogens with one attached hydrogen (secondary N) is 1. The molecular formula is C16H22N6O. The summed E-state index contributed by atoms with van der Waals surface area (Å²) >= 11 is 0. The Hall–Kier alpha value is -2.44. The highest BCUT2D eigenvalue weighted by Crippen LogP contribution is 2.22. The van der Waals surface area contributed by atoms with E-state index in [2.05, 4.69) is 25.3 Å². The molecule has 0 amide bonds. The van der Waals surface area contributed by atoms with Gasteiger partial charge < -0.3 is 10.2 Å². The maximum Gasteiger partial charge on any atom is 0.266 e. The molecule has 1 unspecified atom stereocenters. The number of aryl methyl sites for hydroxylation is 2. The highest BCUT2D eigenvalue weighted by atomic mass is 16.1. The molecule has 2 aromatic rings. The van der Waals surface area contributed by atoms with Crippen molar-refractivity contribution < 1.29 is 0 Å². The van der Waals surface area contributed by atoms with Crippen LogP contribution in [0.3, 0.4) is 0 Å². The number of anilines is 2.